The zero-order valence-corrected chi connectivity index (χ0v) is 17.6. The minimum absolute atomic E-state index is 0.154. The Morgan fingerprint density at radius 2 is 1.70 bits per heavy atom. The lowest BCUT2D eigenvalue weighted by molar-refractivity contribution is -0.115. The standard InChI is InChI=1S/C26H21N5O2/c27-25(33)21(16-6-2-1-3-7-16)12-17-15-29-26-20(17)10-11-23(31-26)30-24(32)13-18-14-28-22-9-5-4-8-19(18)22/h1-12,14-15,28H,13H2,(H2,27,33)(H2,29,30,31,32). The molecule has 5 aromatic rings. The van der Waals surface area contributed by atoms with Crippen molar-refractivity contribution in [1.82, 2.24) is 15.0 Å². The zero-order chi connectivity index (χ0) is 22.8. The van der Waals surface area contributed by atoms with Crippen LogP contribution in [0.5, 0.6) is 0 Å². The zero-order valence-electron chi connectivity index (χ0n) is 17.6. The summed E-state index contributed by atoms with van der Waals surface area (Å²) in [6.07, 6.45) is 5.60. The van der Waals surface area contributed by atoms with Crippen LogP contribution in [0.1, 0.15) is 16.7 Å². The van der Waals surface area contributed by atoms with Crippen molar-refractivity contribution >= 4 is 51.2 Å². The molecule has 33 heavy (non-hydrogen) atoms. The second-order valence-electron chi connectivity index (χ2n) is 7.71. The number of carbonyl (C=O) groups excluding carboxylic acids is 2. The second-order valence-corrected chi connectivity index (χ2v) is 7.71. The van der Waals surface area contributed by atoms with Gasteiger partial charge in [-0.15, -0.1) is 0 Å². The number of anilines is 1. The van der Waals surface area contributed by atoms with Crippen LogP contribution in [0, 0.1) is 0 Å². The number of nitrogens with one attached hydrogen (secondary N) is 3. The maximum Gasteiger partial charge on any atom is 0.249 e. The van der Waals surface area contributed by atoms with Crippen LogP contribution in [0.3, 0.4) is 0 Å². The number of hydrogen-bond donors (Lipinski definition) is 4. The Kier molecular flexibility index (Phi) is 5.20. The number of aromatic amines is 2. The Bertz CT molecular complexity index is 1510. The number of primary amides is 1. The van der Waals surface area contributed by atoms with Crippen LogP contribution in [0.2, 0.25) is 0 Å². The molecular formula is C26H21N5O2. The van der Waals surface area contributed by atoms with Crippen molar-refractivity contribution in [3.05, 3.63) is 95.8 Å². The van der Waals surface area contributed by atoms with E-state index in [1.807, 2.05) is 66.9 Å². The summed E-state index contributed by atoms with van der Waals surface area (Å²) < 4.78 is 0. The third-order valence-corrected chi connectivity index (χ3v) is 5.51. The Balaban J connectivity index is 1.38. The first-order valence-corrected chi connectivity index (χ1v) is 10.5. The van der Waals surface area contributed by atoms with Gasteiger partial charge in [-0.3, -0.25) is 9.59 Å². The van der Waals surface area contributed by atoms with Crippen molar-refractivity contribution in [3.63, 3.8) is 0 Å². The summed E-state index contributed by atoms with van der Waals surface area (Å²) in [5, 5.41) is 4.70. The summed E-state index contributed by atoms with van der Waals surface area (Å²) in [6, 6.07) is 20.7. The fourth-order valence-electron chi connectivity index (χ4n) is 3.92. The minimum Gasteiger partial charge on any atom is -0.366 e. The summed E-state index contributed by atoms with van der Waals surface area (Å²) in [5.74, 6) is -0.217. The normalized spacial score (nSPS) is 11.7. The van der Waals surface area contributed by atoms with Gasteiger partial charge in [0, 0.05) is 39.8 Å². The molecule has 7 nitrogen and oxygen atoms in total. The van der Waals surface area contributed by atoms with Gasteiger partial charge in [-0.1, -0.05) is 48.5 Å². The van der Waals surface area contributed by atoms with E-state index in [0.717, 1.165) is 33.0 Å². The highest BCUT2D eigenvalue weighted by molar-refractivity contribution is 6.24. The average Bonchev–Trinajstić information content (AvgIpc) is 3.41. The largest absolute Gasteiger partial charge is 0.366 e. The Morgan fingerprint density at radius 3 is 2.52 bits per heavy atom. The van der Waals surface area contributed by atoms with Crippen molar-refractivity contribution in [2.24, 2.45) is 5.73 Å². The van der Waals surface area contributed by atoms with Crippen molar-refractivity contribution in [2.75, 3.05) is 5.32 Å². The third-order valence-electron chi connectivity index (χ3n) is 5.51. The first-order valence-electron chi connectivity index (χ1n) is 10.5. The van der Waals surface area contributed by atoms with E-state index in [4.69, 9.17) is 5.73 Å². The predicted molar refractivity (Wildman–Crippen MR) is 130 cm³/mol. The third kappa shape index (κ3) is 4.12. The van der Waals surface area contributed by atoms with E-state index >= 15 is 0 Å². The van der Waals surface area contributed by atoms with Gasteiger partial charge in [-0.2, -0.15) is 0 Å². The number of nitrogens with zero attached hydrogens (tertiary/aromatic N) is 1. The molecule has 5 N–H and O–H groups in total. The van der Waals surface area contributed by atoms with Gasteiger partial charge < -0.3 is 21.0 Å². The van der Waals surface area contributed by atoms with Crippen molar-refractivity contribution in [2.45, 2.75) is 6.42 Å². The molecule has 0 unspecified atom stereocenters. The molecule has 0 saturated heterocycles. The van der Waals surface area contributed by atoms with Crippen LogP contribution in [-0.4, -0.2) is 26.8 Å². The summed E-state index contributed by atoms with van der Waals surface area (Å²) in [7, 11) is 0. The number of nitrogens with two attached hydrogens (primary N) is 1. The highest BCUT2D eigenvalue weighted by Crippen LogP contribution is 2.25. The number of fused-ring (bicyclic) bond motifs is 2. The molecule has 3 aromatic heterocycles. The molecule has 162 valence electrons. The molecule has 2 aromatic carbocycles. The number of benzene rings is 2. The lowest BCUT2D eigenvalue weighted by Gasteiger charge is -2.05. The Hall–Kier alpha value is -4.65. The Morgan fingerprint density at radius 1 is 0.909 bits per heavy atom. The molecule has 0 fully saturated rings. The highest BCUT2D eigenvalue weighted by Gasteiger charge is 2.13. The lowest BCUT2D eigenvalue weighted by Crippen LogP contribution is -2.15. The van der Waals surface area contributed by atoms with Gasteiger partial charge in [0.15, 0.2) is 0 Å². The van der Waals surface area contributed by atoms with Crippen LogP contribution in [-0.2, 0) is 16.0 Å². The fraction of sp³-hybridized carbons (Fsp3) is 0.0385. The summed E-state index contributed by atoms with van der Waals surface area (Å²) >= 11 is 0. The summed E-state index contributed by atoms with van der Waals surface area (Å²) in [6.45, 7) is 0. The smallest absolute Gasteiger partial charge is 0.249 e. The molecule has 2 amide bonds. The highest BCUT2D eigenvalue weighted by atomic mass is 16.2. The van der Waals surface area contributed by atoms with Gasteiger partial charge in [0.1, 0.15) is 11.5 Å². The number of aromatic nitrogens is 3. The van der Waals surface area contributed by atoms with Crippen LogP contribution >= 0.6 is 0 Å². The SMILES string of the molecule is NC(=O)C(=Cc1c[nH]c2nc(NC(=O)Cc3c[nH]c4ccccc34)ccc12)c1ccccc1. The minimum atomic E-state index is -0.510. The number of rotatable bonds is 6. The van der Waals surface area contributed by atoms with Crippen LogP contribution in [0.4, 0.5) is 5.82 Å². The molecule has 0 bridgehead atoms. The lowest BCUT2D eigenvalue weighted by atomic mass is 10.0. The van der Waals surface area contributed by atoms with Gasteiger partial charge in [0.05, 0.1) is 6.42 Å². The van der Waals surface area contributed by atoms with E-state index in [1.165, 1.54) is 0 Å². The maximum atomic E-state index is 12.6. The van der Waals surface area contributed by atoms with E-state index in [2.05, 4.69) is 20.3 Å². The molecule has 3 heterocycles. The molecule has 0 saturated carbocycles. The van der Waals surface area contributed by atoms with Gasteiger partial charge in [-0.25, -0.2) is 4.98 Å². The van der Waals surface area contributed by atoms with Crippen LogP contribution < -0.4 is 11.1 Å². The van der Waals surface area contributed by atoms with Crippen molar-refractivity contribution in [3.8, 4) is 0 Å². The van der Waals surface area contributed by atoms with Crippen molar-refractivity contribution < 1.29 is 9.59 Å². The van der Waals surface area contributed by atoms with E-state index in [0.29, 0.717) is 17.0 Å². The number of hydrogen-bond acceptors (Lipinski definition) is 3. The fourth-order valence-corrected chi connectivity index (χ4v) is 3.92. The Labute approximate surface area is 189 Å². The molecule has 0 spiro atoms. The van der Waals surface area contributed by atoms with Crippen LogP contribution in [0.15, 0.2) is 79.1 Å². The number of pyridine rings is 1. The van der Waals surface area contributed by atoms with Gasteiger partial charge in [0.2, 0.25) is 11.8 Å². The number of para-hydroxylation sites is 1. The van der Waals surface area contributed by atoms with Gasteiger partial charge in [0.25, 0.3) is 0 Å². The molecule has 0 aliphatic heterocycles. The quantitative estimate of drug-likeness (QED) is 0.299. The average molecular weight is 435 g/mol. The van der Waals surface area contributed by atoms with Crippen molar-refractivity contribution in [1.29, 1.82) is 0 Å². The summed E-state index contributed by atoms with van der Waals surface area (Å²) in [5.41, 5.74) is 10.1. The monoisotopic (exact) mass is 435 g/mol. The predicted octanol–water partition coefficient (Wildman–Crippen LogP) is 4.25. The van der Waals surface area contributed by atoms with Gasteiger partial charge >= 0.3 is 0 Å². The molecular weight excluding hydrogens is 414 g/mol. The topological polar surface area (TPSA) is 117 Å². The maximum absolute atomic E-state index is 12.6. The molecule has 5 rings (SSSR count). The summed E-state index contributed by atoms with van der Waals surface area (Å²) in [4.78, 5) is 35.4. The number of carbonyl (C=O) groups is 2. The van der Waals surface area contributed by atoms with E-state index < -0.39 is 5.91 Å². The van der Waals surface area contributed by atoms with Gasteiger partial charge in [-0.05, 0) is 35.4 Å². The second kappa shape index (κ2) is 8.47. The molecule has 0 aliphatic rings. The molecule has 0 atom stereocenters. The van der Waals surface area contributed by atoms with Crippen LogP contribution in [0.25, 0.3) is 33.6 Å². The number of H-pyrrole nitrogens is 2. The van der Waals surface area contributed by atoms with E-state index in [9.17, 15) is 9.59 Å². The van der Waals surface area contributed by atoms with E-state index in [1.54, 1.807) is 18.3 Å². The molecule has 7 heteroatoms. The number of amides is 2. The first kappa shape index (κ1) is 20.3. The molecule has 0 aliphatic carbocycles. The van der Waals surface area contributed by atoms with E-state index in [-0.39, 0.29) is 12.3 Å². The molecule has 0 radical (unpaired) electrons. The first-order chi connectivity index (χ1) is 16.1.